The molecule has 0 aromatic heterocycles. The van der Waals surface area contributed by atoms with Crippen LogP contribution >= 0.6 is 0 Å². The van der Waals surface area contributed by atoms with Gasteiger partial charge in [-0.1, -0.05) is 0 Å². The van der Waals surface area contributed by atoms with Gasteiger partial charge in [0.25, 0.3) is 0 Å². The third-order valence-electron chi connectivity index (χ3n) is 1.64. The molecule has 0 radical (unpaired) electrons. The van der Waals surface area contributed by atoms with Crippen molar-refractivity contribution in [1.82, 2.24) is 10.2 Å². The van der Waals surface area contributed by atoms with Gasteiger partial charge in [0.15, 0.2) is 0 Å². The molecule has 0 saturated heterocycles. The van der Waals surface area contributed by atoms with Crippen LogP contribution in [0, 0.1) is 0 Å². The van der Waals surface area contributed by atoms with Gasteiger partial charge >= 0.3 is 6.18 Å². The fraction of sp³-hybridized carbons (Fsp3) is 1.00. The third-order valence-corrected chi connectivity index (χ3v) is 1.64. The summed E-state index contributed by atoms with van der Waals surface area (Å²) in [5, 5.41) is 3.07. The number of nitrogens with one attached hydrogen (secondary N) is 1. The van der Waals surface area contributed by atoms with Gasteiger partial charge in [-0.15, -0.1) is 0 Å². The molecular weight excluding hydrogens is 209 g/mol. The van der Waals surface area contributed by atoms with Gasteiger partial charge in [0, 0.05) is 19.1 Å². The van der Waals surface area contributed by atoms with Crippen molar-refractivity contribution in [3.8, 4) is 0 Å². The first kappa shape index (κ1) is 14.7. The van der Waals surface area contributed by atoms with Gasteiger partial charge in [-0.2, -0.15) is 13.2 Å². The Morgan fingerprint density at radius 3 is 2.40 bits per heavy atom. The molecule has 6 heteroatoms. The van der Waals surface area contributed by atoms with Gasteiger partial charge in [-0.05, 0) is 21.0 Å². The molecule has 0 aromatic rings. The summed E-state index contributed by atoms with van der Waals surface area (Å²) >= 11 is 0. The molecule has 0 aliphatic carbocycles. The molecule has 0 aliphatic rings. The lowest BCUT2D eigenvalue weighted by Crippen LogP contribution is -2.37. The maximum atomic E-state index is 11.7. The Balaban J connectivity index is 3.31. The minimum atomic E-state index is -4.23. The number of alkyl halides is 3. The van der Waals surface area contributed by atoms with E-state index < -0.39 is 12.8 Å². The second-order valence-electron chi connectivity index (χ2n) is 3.79. The maximum Gasteiger partial charge on any atom is 0.411 e. The Bertz CT molecular complexity index is 162. The average molecular weight is 228 g/mol. The number of rotatable bonds is 7. The monoisotopic (exact) mass is 228 g/mol. The predicted octanol–water partition coefficient (Wildman–Crippen LogP) is 1.10. The van der Waals surface area contributed by atoms with Crippen LogP contribution in [0.4, 0.5) is 13.2 Å². The van der Waals surface area contributed by atoms with E-state index in [9.17, 15) is 13.2 Å². The molecule has 0 saturated carbocycles. The summed E-state index contributed by atoms with van der Waals surface area (Å²) < 4.78 is 39.4. The third kappa shape index (κ3) is 11.6. The SMILES string of the molecule is CC(CN(C)C)NCCOCC(F)(F)F. The summed E-state index contributed by atoms with van der Waals surface area (Å²) in [5.74, 6) is 0. The molecule has 0 aromatic carbocycles. The van der Waals surface area contributed by atoms with E-state index in [2.05, 4.69) is 10.1 Å². The van der Waals surface area contributed by atoms with Crippen LogP contribution in [0.5, 0.6) is 0 Å². The zero-order valence-electron chi connectivity index (χ0n) is 9.40. The van der Waals surface area contributed by atoms with Crippen LogP contribution < -0.4 is 5.32 Å². The molecule has 1 atom stereocenters. The van der Waals surface area contributed by atoms with E-state index in [1.54, 1.807) is 0 Å². The van der Waals surface area contributed by atoms with Gasteiger partial charge in [0.1, 0.15) is 6.61 Å². The van der Waals surface area contributed by atoms with Crippen molar-refractivity contribution in [2.75, 3.05) is 40.4 Å². The Hall–Kier alpha value is -0.330. The normalized spacial score (nSPS) is 14.6. The van der Waals surface area contributed by atoms with Crippen molar-refractivity contribution >= 4 is 0 Å². The number of ether oxygens (including phenoxy) is 1. The molecule has 0 heterocycles. The highest BCUT2D eigenvalue weighted by molar-refractivity contribution is 4.62. The molecular formula is C9H19F3N2O. The van der Waals surface area contributed by atoms with Crippen LogP contribution in [-0.2, 0) is 4.74 Å². The minimum absolute atomic E-state index is 0.0806. The van der Waals surface area contributed by atoms with Crippen molar-refractivity contribution in [2.45, 2.75) is 19.1 Å². The maximum absolute atomic E-state index is 11.7. The van der Waals surface area contributed by atoms with Crippen molar-refractivity contribution in [3.63, 3.8) is 0 Å². The van der Waals surface area contributed by atoms with Gasteiger partial charge in [0.05, 0.1) is 6.61 Å². The van der Waals surface area contributed by atoms with Gasteiger partial charge in [-0.25, -0.2) is 0 Å². The Kier molecular flexibility index (Phi) is 6.87. The van der Waals surface area contributed by atoms with E-state index in [-0.39, 0.29) is 12.6 Å². The molecule has 92 valence electrons. The Morgan fingerprint density at radius 1 is 1.33 bits per heavy atom. The van der Waals surface area contributed by atoms with E-state index >= 15 is 0 Å². The summed E-state index contributed by atoms with van der Waals surface area (Å²) in [4.78, 5) is 2.01. The fourth-order valence-corrected chi connectivity index (χ4v) is 1.18. The molecule has 0 bridgehead atoms. The van der Waals surface area contributed by atoms with Crippen LogP contribution in [0.25, 0.3) is 0 Å². The molecule has 0 amide bonds. The van der Waals surface area contributed by atoms with E-state index in [0.717, 1.165) is 6.54 Å². The molecule has 1 unspecified atom stereocenters. The highest BCUT2D eigenvalue weighted by atomic mass is 19.4. The van der Waals surface area contributed by atoms with E-state index in [1.165, 1.54) is 0 Å². The van der Waals surface area contributed by atoms with Crippen LogP contribution in [-0.4, -0.2) is 57.5 Å². The van der Waals surface area contributed by atoms with Crippen molar-refractivity contribution in [3.05, 3.63) is 0 Å². The zero-order valence-corrected chi connectivity index (χ0v) is 9.40. The molecule has 15 heavy (non-hydrogen) atoms. The largest absolute Gasteiger partial charge is 0.411 e. The van der Waals surface area contributed by atoms with Crippen LogP contribution in [0.3, 0.4) is 0 Å². The van der Waals surface area contributed by atoms with Crippen LogP contribution in [0.2, 0.25) is 0 Å². The molecule has 0 aliphatic heterocycles. The first-order chi connectivity index (χ1) is 6.81. The lowest BCUT2D eigenvalue weighted by molar-refractivity contribution is -0.173. The lowest BCUT2D eigenvalue weighted by Gasteiger charge is -2.18. The highest BCUT2D eigenvalue weighted by Gasteiger charge is 2.27. The van der Waals surface area contributed by atoms with Gasteiger partial charge in [-0.3, -0.25) is 0 Å². The zero-order chi connectivity index (χ0) is 11.9. The summed E-state index contributed by atoms with van der Waals surface area (Å²) in [7, 11) is 3.89. The number of nitrogens with zero attached hydrogens (tertiary/aromatic N) is 1. The van der Waals surface area contributed by atoms with Gasteiger partial charge < -0.3 is 15.0 Å². The second kappa shape index (κ2) is 7.03. The quantitative estimate of drug-likeness (QED) is 0.660. The van der Waals surface area contributed by atoms with E-state index in [0.29, 0.717) is 6.54 Å². The Labute approximate surface area is 88.6 Å². The minimum Gasteiger partial charge on any atom is -0.371 e. The highest BCUT2D eigenvalue weighted by Crippen LogP contribution is 2.13. The van der Waals surface area contributed by atoms with E-state index in [4.69, 9.17) is 0 Å². The van der Waals surface area contributed by atoms with E-state index in [1.807, 2.05) is 25.9 Å². The lowest BCUT2D eigenvalue weighted by atomic mass is 10.3. The Morgan fingerprint density at radius 2 is 1.93 bits per heavy atom. The molecule has 0 spiro atoms. The first-order valence-electron chi connectivity index (χ1n) is 4.84. The van der Waals surface area contributed by atoms with Crippen molar-refractivity contribution in [2.24, 2.45) is 0 Å². The molecule has 0 fully saturated rings. The standard InChI is InChI=1S/C9H19F3N2O/c1-8(6-14(2)3)13-4-5-15-7-9(10,11)12/h8,13H,4-7H2,1-3H3. The van der Waals surface area contributed by atoms with Crippen molar-refractivity contribution < 1.29 is 17.9 Å². The summed E-state index contributed by atoms with van der Waals surface area (Å²) in [6.07, 6.45) is -4.23. The number of likely N-dealkylation sites (N-methyl/N-ethyl adjacent to an activating group) is 1. The topological polar surface area (TPSA) is 24.5 Å². The first-order valence-corrected chi connectivity index (χ1v) is 4.84. The number of hydrogen-bond acceptors (Lipinski definition) is 3. The summed E-state index contributed by atoms with van der Waals surface area (Å²) in [6.45, 7) is 2.17. The average Bonchev–Trinajstić information content (AvgIpc) is 1.99. The smallest absolute Gasteiger partial charge is 0.371 e. The predicted molar refractivity (Wildman–Crippen MR) is 52.9 cm³/mol. The second-order valence-corrected chi connectivity index (χ2v) is 3.79. The molecule has 1 N–H and O–H groups in total. The fourth-order valence-electron chi connectivity index (χ4n) is 1.18. The summed E-state index contributed by atoms with van der Waals surface area (Å²) in [6, 6.07) is 0.245. The van der Waals surface area contributed by atoms with Gasteiger partial charge in [0.2, 0.25) is 0 Å². The van der Waals surface area contributed by atoms with Crippen LogP contribution in [0.15, 0.2) is 0 Å². The number of hydrogen-bond donors (Lipinski definition) is 1. The summed E-state index contributed by atoms with van der Waals surface area (Å²) in [5.41, 5.74) is 0. The number of halogens is 3. The molecule has 0 rings (SSSR count). The van der Waals surface area contributed by atoms with Crippen molar-refractivity contribution in [1.29, 1.82) is 0 Å². The molecule has 3 nitrogen and oxygen atoms in total. The van der Waals surface area contributed by atoms with Crippen LogP contribution in [0.1, 0.15) is 6.92 Å².